The van der Waals surface area contributed by atoms with Crippen molar-refractivity contribution in [2.24, 2.45) is 0 Å². The van der Waals surface area contributed by atoms with Crippen molar-refractivity contribution in [2.75, 3.05) is 18.4 Å². The topological polar surface area (TPSA) is 101 Å². The van der Waals surface area contributed by atoms with E-state index in [0.717, 1.165) is 36.1 Å². The van der Waals surface area contributed by atoms with Crippen LogP contribution in [0.3, 0.4) is 0 Å². The lowest BCUT2D eigenvalue weighted by molar-refractivity contribution is -0.116. The van der Waals surface area contributed by atoms with Gasteiger partial charge in [-0.3, -0.25) is 14.2 Å². The summed E-state index contributed by atoms with van der Waals surface area (Å²) >= 11 is 1.57. The first kappa shape index (κ1) is 22.6. The van der Waals surface area contributed by atoms with Crippen LogP contribution in [-0.2, 0) is 34.2 Å². The van der Waals surface area contributed by atoms with Crippen LogP contribution in [0.2, 0.25) is 0 Å². The second kappa shape index (κ2) is 9.13. The molecule has 0 bridgehead atoms. The average Bonchev–Trinajstić information content (AvgIpc) is 3.16. The second-order valence-electron chi connectivity index (χ2n) is 7.73. The average molecular weight is 475 g/mol. The van der Waals surface area contributed by atoms with E-state index in [1.54, 1.807) is 37.3 Å². The standard InChI is InChI=1S/C22H26N4O4S2/c1-3-26(4-2)32(29,30)16-11-9-15(10-12-16)24-19(27)13-25-14-23-21-20(22(25)28)17-7-5-6-8-18(17)31-21/h9-12,14H,3-8,13H2,1-2H3,(H,24,27). The molecule has 1 N–H and O–H groups in total. The van der Waals surface area contributed by atoms with Crippen LogP contribution in [0, 0.1) is 0 Å². The van der Waals surface area contributed by atoms with E-state index in [1.807, 2.05) is 0 Å². The number of benzene rings is 1. The quantitative estimate of drug-likeness (QED) is 0.567. The minimum absolute atomic E-state index is 0.161. The third-order valence-electron chi connectivity index (χ3n) is 5.74. The molecular weight excluding hydrogens is 448 g/mol. The molecule has 1 aromatic carbocycles. The zero-order valence-electron chi connectivity index (χ0n) is 18.1. The number of amides is 1. The van der Waals surface area contributed by atoms with Gasteiger partial charge in [-0.1, -0.05) is 13.8 Å². The molecule has 1 amide bonds. The summed E-state index contributed by atoms with van der Waals surface area (Å²) in [6, 6.07) is 6.04. The monoisotopic (exact) mass is 474 g/mol. The van der Waals surface area contributed by atoms with Crippen LogP contribution in [0.1, 0.15) is 37.1 Å². The Balaban J connectivity index is 1.50. The van der Waals surface area contributed by atoms with Crippen LogP contribution in [0.25, 0.3) is 10.2 Å². The Hall–Kier alpha value is -2.56. The summed E-state index contributed by atoms with van der Waals surface area (Å²) in [5.74, 6) is -0.378. The Morgan fingerprint density at radius 2 is 1.84 bits per heavy atom. The number of nitrogens with zero attached hydrogens (tertiary/aromatic N) is 3. The molecule has 0 fully saturated rings. The van der Waals surface area contributed by atoms with E-state index in [0.29, 0.717) is 24.2 Å². The third-order valence-corrected chi connectivity index (χ3v) is 9.00. The normalized spacial score (nSPS) is 14.0. The summed E-state index contributed by atoms with van der Waals surface area (Å²) in [5, 5.41) is 3.37. The molecule has 0 spiro atoms. The fourth-order valence-corrected chi connectivity index (χ4v) is 6.75. The molecule has 0 saturated heterocycles. The molecule has 0 saturated carbocycles. The molecule has 0 unspecified atom stereocenters. The molecule has 1 aliphatic rings. The number of nitrogens with one attached hydrogen (secondary N) is 1. The van der Waals surface area contributed by atoms with Gasteiger partial charge >= 0.3 is 0 Å². The predicted octanol–water partition coefficient (Wildman–Crippen LogP) is 3.01. The molecule has 0 radical (unpaired) electrons. The van der Waals surface area contributed by atoms with Crippen molar-refractivity contribution in [3.63, 3.8) is 0 Å². The van der Waals surface area contributed by atoms with Crippen LogP contribution in [0.15, 0.2) is 40.3 Å². The number of fused-ring (bicyclic) bond motifs is 3. The van der Waals surface area contributed by atoms with Crippen molar-refractivity contribution in [3.8, 4) is 0 Å². The maximum atomic E-state index is 13.0. The lowest BCUT2D eigenvalue weighted by atomic mass is 9.97. The summed E-state index contributed by atoms with van der Waals surface area (Å²) in [6.07, 6.45) is 5.48. The summed E-state index contributed by atoms with van der Waals surface area (Å²) in [4.78, 5) is 32.1. The highest BCUT2D eigenvalue weighted by atomic mass is 32.2. The molecule has 1 aliphatic carbocycles. The van der Waals surface area contributed by atoms with Gasteiger partial charge in [0.15, 0.2) is 0 Å². The number of hydrogen-bond acceptors (Lipinski definition) is 6. The molecule has 10 heteroatoms. The highest BCUT2D eigenvalue weighted by molar-refractivity contribution is 7.89. The van der Waals surface area contributed by atoms with Crippen LogP contribution in [0.4, 0.5) is 5.69 Å². The van der Waals surface area contributed by atoms with Gasteiger partial charge in [-0.05, 0) is 55.5 Å². The minimum atomic E-state index is -3.56. The molecule has 2 heterocycles. The first-order valence-electron chi connectivity index (χ1n) is 10.7. The second-order valence-corrected chi connectivity index (χ2v) is 10.8. The van der Waals surface area contributed by atoms with Crippen LogP contribution >= 0.6 is 11.3 Å². The largest absolute Gasteiger partial charge is 0.325 e. The van der Waals surface area contributed by atoms with E-state index in [2.05, 4.69) is 10.3 Å². The molecule has 4 rings (SSSR count). The molecule has 0 aliphatic heterocycles. The number of sulfonamides is 1. The van der Waals surface area contributed by atoms with Crippen molar-refractivity contribution in [2.45, 2.75) is 51.0 Å². The number of aromatic nitrogens is 2. The van der Waals surface area contributed by atoms with Gasteiger partial charge in [-0.15, -0.1) is 11.3 Å². The minimum Gasteiger partial charge on any atom is -0.325 e. The zero-order chi connectivity index (χ0) is 22.9. The maximum Gasteiger partial charge on any atom is 0.262 e. The molecule has 8 nitrogen and oxygen atoms in total. The number of carbonyl (C=O) groups excluding carboxylic acids is 1. The fraction of sp³-hybridized carbons (Fsp3) is 0.409. The number of rotatable bonds is 7. The van der Waals surface area contributed by atoms with Gasteiger partial charge in [0.05, 0.1) is 16.6 Å². The summed E-state index contributed by atoms with van der Waals surface area (Å²) < 4.78 is 27.9. The smallest absolute Gasteiger partial charge is 0.262 e. The van der Waals surface area contributed by atoms with E-state index in [-0.39, 0.29) is 22.9 Å². The van der Waals surface area contributed by atoms with E-state index in [1.165, 1.54) is 32.2 Å². The molecular formula is C22H26N4O4S2. The fourth-order valence-electron chi connectivity index (χ4n) is 4.07. The summed E-state index contributed by atoms with van der Waals surface area (Å²) in [7, 11) is -3.56. The van der Waals surface area contributed by atoms with Crippen molar-refractivity contribution < 1.29 is 13.2 Å². The van der Waals surface area contributed by atoms with Crippen LogP contribution in [0.5, 0.6) is 0 Å². The molecule has 0 atom stereocenters. The summed E-state index contributed by atoms with van der Waals surface area (Å²) in [6.45, 7) is 4.19. The van der Waals surface area contributed by atoms with Crippen molar-refractivity contribution in [1.29, 1.82) is 0 Å². The van der Waals surface area contributed by atoms with Gasteiger partial charge in [0.25, 0.3) is 5.56 Å². The van der Waals surface area contributed by atoms with E-state index in [4.69, 9.17) is 0 Å². The van der Waals surface area contributed by atoms with Crippen molar-refractivity contribution in [3.05, 3.63) is 51.4 Å². The van der Waals surface area contributed by atoms with Gasteiger partial charge < -0.3 is 5.32 Å². The Kier molecular flexibility index (Phi) is 6.45. The Bertz CT molecular complexity index is 1310. The van der Waals surface area contributed by atoms with Gasteiger partial charge in [0, 0.05) is 23.7 Å². The maximum absolute atomic E-state index is 13.0. The number of carbonyl (C=O) groups is 1. The highest BCUT2D eigenvalue weighted by Crippen LogP contribution is 2.33. The van der Waals surface area contributed by atoms with E-state index in [9.17, 15) is 18.0 Å². The Morgan fingerprint density at radius 3 is 2.53 bits per heavy atom. The van der Waals surface area contributed by atoms with E-state index >= 15 is 0 Å². The molecule has 170 valence electrons. The van der Waals surface area contributed by atoms with Crippen molar-refractivity contribution in [1.82, 2.24) is 13.9 Å². The Labute approximate surface area is 190 Å². The lowest BCUT2D eigenvalue weighted by Crippen LogP contribution is -2.30. The van der Waals surface area contributed by atoms with Crippen molar-refractivity contribution >= 4 is 43.2 Å². The number of hydrogen-bond donors (Lipinski definition) is 1. The zero-order valence-corrected chi connectivity index (χ0v) is 19.8. The SMILES string of the molecule is CCN(CC)S(=O)(=O)c1ccc(NC(=O)Cn2cnc3sc4c(c3c2=O)CCCC4)cc1. The van der Waals surface area contributed by atoms with Gasteiger partial charge in [0.2, 0.25) is 15.9 Å². The molecule has 32 heavy (non-hydrogen) atoms. The van der Waals surface area contributed by atoms with Crippen LogP contribution < -0.4 is 10.9 Å². The number of aryl methyl sites for hydroxylation is 2. The molecule has 3 aromatic rings. The third kappa shape index (κ3) is 4.22. The predicted molar refractivity (Wildman–Crippen MR) is 126 cm³/mol. The lowest BCUT2D eigenvalue weighted by Gasteiger charge is -2.18. The number of thiophene rings is 1. The highest BCUT2D eigenvalue weighted by Gasteiger charge is 2.22. The Morgan fingerprint density at radius 1 is 1.16 bits per heavy atom. The van der Waals surface area contributed by atoms with Gasteiger partial charge in [-0.2, -0.15) is 4.31 Å². The summed E-state index contributed by atoms with van der Waals surface area (Å²) in [5.41, 5.74) is 1.36. The van der Waals surface area contributed by atoms with Gasteiger partial charge in [-0.25, -0.2) is 13.4 Å². The molecule has 2 aromatic heterocycles. The first-order valence-corrected chi connectivity index (χ1v) is 13.0. The van der Waals surface area contributed by atoms with E-state index < -0.39 is 10.0 Å². The van der Waals surface area contributed by atoms with Gasteiger partial charge in [0.1, 0.15) is 11.4 Å². The first-order chi connectivity index (χ1) is 15.3. The number of anilines is 1. The van der Waals surface area contributed by atoms with Crippen LogP contribution in [-0.4, -0.2) is 41.3 Å².